The second kappa shape index (κ2) is 6.32. The lowest BCUT2D eigenvalue weighted by atomic mass is 10.0. The number of amides is 1. The van der Waals surface area contributed by atoms with Gasteiger partial charge in [0.15, 0.2) is 0 Å². The molecule has 116 valence electrons. The quantitative estimate of drug-likeness (QED) is 0.943. The van der Waals surface area contributed by atoms with Crippen LogP contribution in [0.3, 0.4) is 0 Å². The molecule has 1 aliphatic rings. The summed E-state index contributed by atoms with van der Waals surface area (Å²) in [6.45, 7) is 4.50. The van der Waals surface area contributed by atoms with Gasteiger partial charge in [0.05, 0.1) is 12.1 Å². The first kappa shape index (κ1) is 14.8. The van der Waals surface area contributed by atoms with Gasteiger partial charge in [0.1, 0.15) is 17.0 Å². The molecule has 0 bridgehead atoms. The molecule has 0 unspecified atom stereocenters. The van der Waals surface area contributed by atoms with Gasteiger partial charge in [-0.1, -0.05) is 35.5 Å². The standard InChI is InChI=1S/C17H20N2O3/c1-11(14-9-6-10-21-14)18-17(20)15-12(2)22-19-16(15)13-7-4-3-5-8-13/h3-5,7-8,11,14H,6,9-10H2,1-2H3,(H,18,20)/t11-,14-/m1/s1. The summed E-state index contributed by atoms with van der Waals surface area (Å²) in [6.07, 6.45) is 2.12. The zero-order valence-corrected chi connectivity index (χ0v) is 12.8. The molecule has 1 amide bonds. The molecule has 2 atom stereocenters. The van der Waals surface area contributed by atoms with Crippen molar-refractivity contribution < 1.29 is 14.1 Å². The highest BCUT2D eigenvalue weighted by Crippen LogP contribution is 2.25. The summed E-state index contributed by atoms with van der Waals surface area (Å²) >= 11 is 0. The van der Waals surface area contributed by atoms with Crippen molar-refractivity contribution in [1.29, 1.82) is 0 Å². The molecule has 0 spiro atoms. The predicted molar refractivity (Wildman–Crippen MR) is 82.6 cm³/mol. The van der Waals surface area contributed by atoms with Crippen LogP contribution in [-0.2, 0) is 4.74 Å². The number of hydrogen-bond donors (Lipinski definition) is 1. The molecule has 1 aliphatic heterocycles. The number of carbonyl (C=O) groups is 1. The Morgan fingerprint density at radius 2 is 2.14 bits per heavy atom. The monoisotopic (exact) mass is 300 g/mol. The molecule has 3 rings (SSSR count). The molecule has 1 fully saturated rings. The largest absolute Gasteiger partial charge is 0.376 e. The number of aryl methyl sites for hydroxylation is 1. The molecule has 0 saturated carbocycles. The van der Waals surface area contributed by atoms with Crippen LogP contribution >= 0.6 is 0 Å². The zero-order valence-electron chi connectivity index (χ0n) is 12.8. The maximum atomic E-state index is 12.6. The van der Waals surface area contributed by atoms with Crippen molar-refractivity contribution in [3.05, 3.63) is 41.7 Å². The van der Waals surface area contributed by atoms with Gasteiger partial charge < -0.3 is 14.6 Å². The van der Waals surface area contributed by atoms with Crippen molar-refractivity contribution >= 4 is 5.91 Å². The van der Waals surface area contributed by atoms with Crippen molar-refractivity contribution in [2.75, 3.05) is 6.61 Å². The Morgan fingerprint density at radius 1 is 1.36 bits per heavy atom. The Hall–Kier alpha value is -2.14. The number of carbonyl (C=O) groups excluding carboxylic acids is 1. The summed E-state index contributed by atoms with van der Waals surface area (Å²) in [5.74, 6) is 0.358. The molecule has 1 aromatic heterocycles. The highest BCUT2D eigenvalue weighted by atomic mass is 16.5. The van der Waals surface area contributed by atoms with E-state index in [1.54, 1.807) is 6.92 Å². The van der Waals surface area contributed by atoms with Crippen molar-refractivity contribution in [2.45, 2.75) is 38.8 Å². The van der Waals surface area contributed by atoms with Gasteiger partial charge in [-0.15, -0.1) is 0 Å². The maximum Gasteiger partial charge on any atom is 0.257 e. The third-order valence-corrected chi connectivity index (χ3v) is 4.02. The summed E-state index contributed by atoms with van der Waals surface area (Å²) in [5, 5.41) is 7.06. The number of aromatic nitrogens is 1. The Balaban J connectivity index is 1.82. The lowest BCUT2D eigenvalue weighted by Gasteiger charge is -2.19. The summed E-state index contributed by atoms with van der Waals surface area (Å²) in [4.78, 5) is 12.6. The highest BCUT2D eigenvalue weighted by Gasteiger charge is 2.27. The second-order valence-corrected chi connectivity index (χ2v) is 5.64. The van der Waals surface area contributed by atoms with Gasteiger partial charge in [-0.2, -0.15) is 0 Å². The van der Waals surface area contributed by atoms with Crippen LogP contribution in [0.25, 0.3) is 11.3 Å². The van der Waals surface area contributed by atoms with Crippen LogP contribution in [0.4, 0.5) is 0 Å². The molecular weight excluding hydrogens is 280 g/mol. The second-order valence-electron chi connectivity index (χ2n) is 5.64. The Bertz CT molecular complexity index is 645. The molecule has 0 radical (unpaired) electrons. The molecule has 5 heteroatoms. The average Bonchev–Trinajstić information content (AvgIpc) is 3.17. The van der Waals surface area contributed by atoms with E-state index in [-0.39, 0.29) is 18.1 Å². The van der Waals surface area contributed by atoms with Crippen LogP contribution in [0.15, 0.2) is 34.9 Å². The van der Waals surface area contributed by atoms with E-state index in [1.807, 2.05) is 37.3 Å². The van der Waals surface area contributed by atoms with Crippen LogP contribution < -0.4 is 5.32 Å². The molecule has 2 aromatic rings. The van der Waals surface area contributed by atoms with Gasteiger partial charge in [0.2, 0.25) is 0 Å². The molecule has 1 saturated heterocycles. The zero-order chi connectivity index (χ0) is 15.5. The van der Waals surface area contributed by atoms with E-state index in [0.717, 1.165) is 25.0 Å². The minimum absolute atomic E-state index is 0.0343. The van der Waals surface area contributed by atoms with E-state index >= 15 is 0 Å². The number of nitrogens with one attached hydrogen (secondary N) is 1. The number of hydrogen-bond acceptors (Lipinski definition) is 4. The lowest BCUT2D eigenvalue weighted by Crippen LogP contribution is -2.41. The number of ether oxygens (including phenoxy) is 1. The molecule has 22 heavy (non-hydrogen) atoms. The Morgan fingerprint density at radius 3 is 2.82 bits per heavy atom. The first-order valence-electron chi connectivity index (χ1n) is 7.61. The normalized spacial score (nSPS) is 19.1. The summed E-state index contributed by atoms with van der Waals surface area (Å²) in [7, 11) is 0. The minimum atomic E-state index is -0.166. The van der Waals surface area contributed by atoms with E-state index < -0.39 is 0 Å². The fraction of sp³-hybridized carbons (Fsp3) is 0.412. The van der Waals surface area contributed by atoms with Crippen molar-refractivity contribution in [1.82, 2.24) is 10.5 Å². The van der Waals surface area contributed by atoms with Crippen LogP contribution in [-0.4, -0.2) is 29.8 Å². The molecule has 1 N–H and O–H groups in total. The van der Waals surface area contributed by atoms with E-state index in [0.29, 0.717) is 17.0 Å². The number of nitrogens with zero attached hydrogens (tertiary/aromatic N) is 1. The summed E-state index contributed by atoms with van der Waals surface area (Å²) in [5.41, 5.74) is 1.94. The first-order chi connectivity index (χ1) is 10.7. The van der Waals surface area contributed by atoms with Crippen molar-refractivity contribution in [2.24, 2.45) is 0 Å². The maximum absolute atomic E-state index is 12.6. The lowest BCUT2D eigenvalue weighted by molar-refractivity contribution is 0.0712. The summed E-state index contributed by atoms with van der Waals surface area (Å²) < 4.78 is 10.9. The fourth-order valence-corrected chi connectivity index (χ4v) is 2.80. The number of benzene rings is 1. The summed E-state index contributed by atoms with van der Waals surface area (Å²) in [6, 6.07) is 9.55. The third-order valence-electron chi connectivity index (χ3n) is 4.02. The van der Waals surface area contributed by atoms with Crippen molar-refractivity contribution in [3.8, 4) is 11.3 Å². The number of rotatable bonds is 4. The molecule has 5 nitrogen and oxygen atoms in total. The first-order valence-corrected chi connectivity index (χ1v) is 7.61. The van der Waals surface area contributed by atoms with E-state index in [4.69, 9.17) is 9.26 Å². The van der Waals surface area contributed by atoms with Crippen LogP contribution in [0.5, 0.6) is 0 Å². The van der Waals surface area contributed by atoms with Gasteiger partial charge in [-0.3, -0.25) is 4.79 Å². The Kier molecular flexibility index (Phi) is 4.24. The van der Waals surface area contributed by atoms with Crippen LogP contribution in [0.2, 0.25) is 0 Å². The van der Waals surface area contributed by atoms with Gasteiger partial charge in [0.25, 0.3) is 5.91 Å². The SMILES string of the molecule is Cc1onc(-c2ccccc2)c1C(=O)N[C@H](C)[C@H]1CCCO1. The molecule has 2 heterocycles. The van der Waals surface area contributed by atoms with Gasteiger partial charge in [-0.05, 0) is 26.7 Å². The third kappa shape index (κ3) is 2.90. The van der Waals surface area contributed by atoms with Gasteiger partial charge in [-0.25, -0.2) is 0 Å². The molecule has 1 aromatic carbocycles. The van der Waals surface area contributed by atoms with Crippen molar-refractivity contribution in [3.63, 3.8) is 0 Å². The van der Waals surface area contributed by atoms with Crippen LogP contribution in [0, 0.1) is 6.92 Å². The van der Waals surface area contributed by atoms with Gasteiger partial charge in [0, 0.05) is 12.2 Å². The smallest absolute Gasteiger partial charge is 0.257 e. The molecular formula is C17H20N2O3. The van der Waals surface area contributed by atoms with E-state index in [9.17, 15) is 4.79 Å². The minimum Gasteiger partial charge on any atom is -0.376 e. The Labute approximate surface area is 129 Å². The fourth-order valence-electron chi connectivity index (χ4n) is 2.80. The van der Waals surface area contributed by atoms with E-state index in [1.165, 1.54) is 0 Å². The van der Waals surface area contributed by atoms with Gasteiger partial charge >= 0.3 is 0 Å². The predicted octanol–water partition coefficient (Wildman–Crippen LogP) is 2.95. The average molecular weight is 300 g/mol. The van der Waals surface area contributed by atoms with E-state index in [2.05, 4.69) is 10.5 Å². The van der Waals surface area contributed by atoms with Crippen LogP contribution in [0.1, 0.15) is 35.9 Å². The highest BCUT2D eigenvalue weighted by molar-refractivity contribution is 6.00. The topological polar surface area (TPSA) is 64.4 Å². The molecule has 0 aliphatic carbocycles.